The number of hydrogen-bond acceptors (Lipinski definition) is 3. The molecule has 1 N–H and O–H groups in total. The van der Waals surface area contributed by atoms with Gasteiger partial charge in [0, 0.05) is 0 Å². The minimum atomic E-state index is -0.564. The number of rotatable bonds is 3. The van der Waals surface area contributed by atoms with Crippen molar-refractivity contribution >= 4 is 11.7 Å². The molecule has 0 unspecified atom stereocenters. The summed E-state index contributed by atoms with van der Waals surface area (Å²) < 4.78 is 4.87. The smallest absolute Gasteiger partial charge is 0.351 e. The van der Waals surface area contributed by atoms with Crippen molar-refractivity contribution in [1.82, 2.24) is 0 Å². The Morgan fingerprint density at radius 3 is 2.43 bits per heavy atom. The lowest BCUT2D eigenvalue weighted by Crippen LogP contribution is -2.12. The van der Waals surface area contributed by atoms with E-state index in [0.29, 0.717) is 0 Å². The van der Waals surface area contributed by atoms with E-state index in [0.717, 1.165) is 5.56 Å². The van der Waals surface area contributed by atoms with Crippen molar-refractivity contribution in [2.24, 2.45) is 0 Å². The van der Waals surface area contributed by atoms with Crippen molar-refractivity contribution in [3.8, 4) is 0 Å². The molecule has 0 heterocycles. The van der Waals surface area contributed by atoms with Crippen LogP contribution in [0.15, 0.2) is 24.3 Å². The maximum atomic E-state index is 10.9. The third-order valence-electron chi connectivity index (χ3n) is 1.80. The van der Waals surface area contributed by atoms with Gasteiger partial charge in [-0.3, -0.25) is 5.41 Å². The Labute approximate surface area is 83.2 Å². The van der Waals surface area contributed by atoms with Gasteiger partial charge in [-0.15, -0.1) is 0 Å². The average molecular weight is 191 g/mol. The van der Waals surface area contributed by atoms with Crippen molar-refractivity contribution in [2.75, 3.05) is 0 Å². The van der Waals surface area contributed by atoms with Gasteiger partial charge in [0.15, 0.2) is 0 Å². The first-order valence-electron chi connectivity index (χ1n) is 4.37. The fourth-order valence-corrected chi connectivity index (χ4v) is 0.941. The lowest BCUT2D eigenvalue weighted by Gasteiger charge is -2.03. The second kappa shape index (κ2) is 4.56. The van der Waals surface area contributed by atoms with Gasteiger partial charge in [-0.2, -0.15) is 0 Å². The van der Waals surface area contributed by atoms with Crippen molar-refractivity contribution in [1.29, 1.82) is 5.41 Å². The molecule has 0 bridgehead atoms. The van der Waals surface area contributed by atoms with E-state index >= 15 is 0 Å². The summed E-state index contributed by atoms with van der Waals surface area (Å²) in [5.74, 6) is -0.564. The highest BCUT2D eigenvalue weighted by Crippen LogP contribution is 2.04. The van der Waals surface area contributed by atoms with Gasteiger partial charge in [-0.1, -0.05) is 29.8 Å². The Morgan fingerprint density at radius 1 is 1.36 bits per heavy atom. The molecule has 0 atom stereocenters. The molecule has 0 radical (unpaired) electrons. The van der Waals surface area contributed by atoms with Gasteiger partial charge in [0.2, 0.25) is 0 Å². The molecule has 0 fully saturated rings. The molecule has 3 heteroatoms. The summed E-state index contributed by atoms with van der Waals surface area (Å²) in [5.41, 5.74) is 2.03. The van der Waals surface area contributed by atoms with Gasteiger partial charge in [-0.25, -0.2) is 4.79 Å². The van der Waals surface area contributed by atoms with Crippen molar-refractivity contribution in [3.63, 3.8) is 0 Å². The Balaban J connectivity index is 2.50. The van der Waals surface area contributed by atoms with E-state index in [-0.39, 0.29) is 12.3 Å². The summed E-state index contributed by atoms with van der Waals surface area (Å²) in [4.78, 5) is 10.9. The van der Waals surface area contributed by atoms with Crippen LogP contribution in [0.1, 0.15) is 18.1 Å². The van der Waals surface area contributed by atoms with Crippen LogP contribution in [-0.4, -0.2) is 11.7 Å². The Bertz CT molecular complexity index is 341. The number of carbonyl (C=O) groups excluding carboxylic acids is 1. The number of ether oxygens (including phenoxy) is 1. The molecule has 1 aromatic carbocycles. The molecule has 0 saturated heterocycles. The molecule has 3 nitrogen and oxygen atoms in total. The fraction of sp³-hybridized carbons (Fsp3) is 0.273. The SMILES string of the molecule is CC(=N)C(=O)OCc1ccc(C)cc1. The summed E-state index contributed by atoms with van der Waals surface area (Å²) in [6.45, 7) is 3.64. The van der Waals surface area contributed by atoms with E-state index in [1.807, 2.05) is 31.2 Å². The molecule has 0 spiro atoms. The van der Waals surface area contributed by atoms with Crippen LogP contribution in [0.5, 0.6) is 0 Å². The first-order chi connectivity index (χ1) is 6.59. The van der Waals surface area contributed by atoms with Gasteiger partial charge in [0.1, 0.15) is 12.3 Å². The standard InChI is InChI=1S/C11H13NO2/c1-8-3-5-10(6-4-8)7-14-11(13)9(2)12/h3-6,12H,7H2,1-2H3. The lowest BCUT2D eigenvalue weighted by molar-refractivity contribution is -0.136. The van der Waals surface area contributed by atoms with Gasteiger partial charge in [-0.05, 0) is 19.4 Å². The van der Waals surface area contributed by atoms with E-state index in [1.165, 1.54) is 12.5 Å². The average Bonchev–Trinajstić information content (AvgIpc) is 2.16. The van der Waals surface area contributed by atoms with Crippen LogP contribution >= 0.6 is 0 Å². The maximum absolute atomic E-state index is 10.9. The molecule has 0 aliphatic rings. The second-order valence-corrected chi connectivity index (χ2v) is 3.19. The molecule has 14 heavy (non-hydrogen) atoms. The summed E-state index contributed by atoms with van der Waals surface area (Å²) in [5, 5.41) is 7.03. The summed E-state index contributed by atoms with van der Waals surface area (Å²) in [6, 6.07) is 7.73. The Hall–Kier alpha value is -1.64. The van der Waals surface area contributed by atoms with E-state index in [1.54, 1.807) is 0 Å². The highest BCUT2D eigenvalue weighted by atomic mass is 16.5. The maximum Gasteiger partial charge on any atom is 0.351 e. The van der Waals surface area contributed by atoms with E-state index in [9.17, 15) is 4.79 Å². The monoisotopic (exact) mass is 191 g/mol. The highest BCUT2D eigenvalue weighted by Gasteiger charge is 2.04. The van der Waals surface area contributed by atoms with E-state index < -0.39 is 5.97 Å². The predicted octanol–water partition coefficient (Wildman–Crippen LogP) is 2.08. The largest absolute Gasteiger partial charge is 0.456 e. The topological polar surface area (TPSA) is 50.2 Å². The third-order valence-corrected chi connectivity index (χ3v) is 1.80. The third kappa shape index (κ3) is 3.01. The molecule has 0 saturated carbocycles. The highest BCUT2D eigenvalue weighted by molar-refractivity contribution is 6.33. The molecule has 0 aliphatic heterocycles. The van der Waals surface area contributed by atoms with Crippen LogP contribution in [0.4, 0.5) is 0 Å². The number of hydrogen-bond donors (Lipinski definition) is 1. The minimum absolute atomic E-state index is 0.0721. The van der Waals surface area contributed by atoms with E-state index in [4.69, 9.17) is 10.1 Å². The lowest BCUT2D eigenvalue weighted by atomic mass is 10.2. The van der Waals surface area contributed by atoms with Gasteiger partial charge >= 0.3 is 5.97 Å². The van der Waals surface area contributed by atoms with Crippen LogP contribution in [-0.2, 0) is 16.1 Å². The zero-order valence-electron chi connectivity index (χ0n) is 8.33. The number of esters is 1. The van der Waals surface area contributed by atoms with Crippen molar-refractivity contribution in [3.05, 3.63) is 35.4 Å². The number of nitrogens with one attached hydrogen (secondary N) is 1. The molecule has 1 aromatic rings. The van der Waals surface area contributed by atoms with Gasteiger partial charge in [0.25, 0.3) is 0 Å². The fourth-order valence-electron chi connectivity index (χ4n) is 0.941. The zero-order chi connectivity index (χ0) is 10.6. The van der Waals surface area contributed by atoms with Crippen LogP contribution in [0, 0.1) is 12.3 Å². The molecule has 0 amide bonds. The van der Waals surface area contributed by atoms with Gasteiger partial charge < -0.3 is 4.74 Å². The van der Waals surface area contributed by atoms with Crippen LogP contribution in [0.2, 0.25) is 0 Å². The second-order valence-electron chi connectivity index (χ2n) is 3.19. The summed E-state index contributed by atoms with van der Waals surface area (Å²) in [7, 11) is 0. The molecule has 0 aromatic heterocycles. The Morgan fingerprint density at radius 2 is 1.93 bits per heavy atom. The Kier molecular flexibility index (Phi) is 3.40. The molecule has 0 aliphatic carbocycles. The van der Waals surface area contributed by atoms with Gasteiger partial charge in [0.05, 0.1) is 0 Å². The van der Waals surface area contributed by atoms with Crippen LogP contribution in [0.3, 0.4) is 0 Å². The summed E-state index contributed by atoms with van der Waals surface area (Å²) >= 11 is 0. The normalized spacial score (nSPS) is 9.57. The van der Waals surface area contributed by atoms with Crippen LogP contribution < -0.4 is 0 Å². The number of carbonyl (C=O) groups is 1. The minimum Gasteiger partial charge on any atom is -0.456 e. The first-order valence-corrected chi connectivity index (χ1v) is 4.37. The molecule has 1 rings (SSSR count). The number of aryl methyl sites for hydroxylation is 1. The zero-order valence-corrected chi connectivity index (χ0v) is 8.33. The van der Waals surface area contributed by atoms with Crippen molar-refractivity contribution < 1.29 is 9.53 Å². The summed E-state index contributed by atoms with van der Waals surface area (Å²) in [6.07, 6.45) is 0. The quantitative estimate of drug-likeness (QED) is 0.587. The molecular weight excluding hydrogens is 178 g/mol. The van der Waals surface area contributed by atoms with Crippen LogP contribution in [0.25, 0.3) is 0 Å². The van der Waals surface area contributed by atoms with Crippen molar-refractivity contribution in [2.45, 2.75) is 20.5 Å². The van der Waals surface area contributed by atoms with E-state index in [2.05, 4.69) is 0 Å². The first kappa shape index (κ1) is 10.4. The predicted molar refractivity (Wildman–Crippen MR) is 54.4 cm³/mol. The molecule has 74 valence electrons. The number of benzene rings is 1. The molecular formula is C11H13NO2.